The van der Waals surface area contributed by atoms with Crippen LogP contribution in [0, 0.1) is 0 Å². The van der Waals surface area contributed by atoms with Gasteiger partial charge in [-0.3, -0.25) is 4.79 Å². The van der Waals surface area contributed by atoms with Crippen LogP contribution in [0.2, 0.25) is 0 Å². The number of methoxy groups -OCH3 is 1. The number of rotatable bonds is 8. The van der Waals surface area contributed by atoms with Gasteiger partial charge in [-0.25, -0.2) is 9.48 Å². The molecule has 0 fully saturated rings. The second-order valence-electron chi connectivity index (χ2n) is 6.65. The van der Waals surface area contributed by atoms with Gasteiger partial charge in [0.05, 0.1) is 17.7 Å². The Hall–Kier alpha value is -3.98. The second-order valence-corrected chi connectivity index (χ2v) is 7.60. The first-order valence-electron chi connectivity index (χ1n) is 9.78. The van der Waals surface area contributed by atoms with Crippen LogP contribution < -0.4 is 10.1 Å². The molecule has 0 saturated carbocycles. The van der Waals surface area contributed by atoms with Gasteiger partial charge in [-0.1, -0.05) is 42.5 Å². The summed E-state index contributed by atoms with van der Waals surface area (Å²) in [7, 11) is 1.56. The third-order valence-corrected chi connectivity index (χ3v) is 5.40. The van der Waals surface area contributed by atoms with E-state index in [1.54, 1.807) is 17.9 Å². The minimum atomic E-state index is -0.773. The zero-order valence-corrected chi connectivity index (χ0v) is 18.0. The third-order valence-electron chi connectivity index (χ3n) is 4.53. The van der Waals surface area contributed by atoms with Crippen LogP contribution in [0.3, 0.4) is 0 Å². The lowest BCUT2D eigenvalue weighted by Crippen LogP contribution is -2.28. The first-order chi connectivity index (χ1) is 15.7. The fourth-order valence-corrected chi connectivity index (χ4v) is 3.70. The van der Waals surface area contributed by atoms with Crippen molar-refractivity contribution in [2.45, 2.75) is 6.54 Å². The Morgan fingerprint density at radius 3 is 2.56 bits per heavy atom. The molecule has 0 aliphatic carbocycles. The highest BCUT2D eigenvalue weighted by Gasteiger charge is 2.21. The van der Waals surface area contributed by atoms with Gasteiger partial charge in [0.2, 0.25) is 0 Å². The number of nitrogens with zero attached hydrogens (tertiary/aromatic N) is 3. The predicted molar refractivity (Wildman–Crippen MR) is 120 cm³/mol. The van der Waals surface area contributed by atoms with Crippen LogP contribution in [0.1, 0.15) is 16.2 Å². The lowest BCUT2D eigenvalue weighted by atomic mass is 10.2. The van der Waals surface area contributed by atoms with Gasteiger partial charge in [-0.05, 0) is 29.6 Å². The highest BCUT2D eigenvalue weighted by Crippen LogP contribution is 2.25. The van der Waals surface area contributed by atoms with Crippen LogP contribution in [0.15, 0.2) is 72.1 Å². The zero-order chi connectivity index (χ0) is 22.3. The quantitative estimate of drug-likeness (QED) is 0.415. The number of esters is 1. The minimum Gasteiger partial charge on any atom is -0.496 e. The van der Waals surface area contributed by atoms with E-state index in [1.165, 1.54) is 11.3 Å². The molecule has 1 amide bonds. The van der Waals surface area contributed by atoms with Gasteiger partial charge in [0, 0.05) is 12.1 Å². The molecule has 4 rings (SSSR count). The molecule has 0 unspecified atom stereocenters. The van der Waals surface area contributed by atoms with E-state index in [9.17, 15) is 9.59 Å². The van der Waals surface area contributed by atoms with Gasteiger partial charge in [0.15, 0.2) is 12.4 Å². The topological polar surface area (TPSA) is 95.3 Å². The molecule has 0 saturated heterocycles. The van der Waals surface area contributed by atoms with Crippen LogP contribution in [0.5, 0.6) is 5.75 Å². The molecule has 162 valence electrons. The molecule has 4 aromatic rings. The molecule has 0 bridgehead atoms. The van der Waals surface area contributed by atoms with E-state index in [1.807, 2.05) is 66.0 Å². The molecule has 0 aliphatic rings. The number of amides is 1. The standard InChI is InChI=1S/C23H20N4O4S/c1-30-18-11-6-5-8-16(18)14-24-20(28)15-31-23(29)21-25-22(19-12-7-13-32-19)27(26-21)17-9-3-2-4-10-17/h2-13H,14-15H2,1H3,(H,24,28). The number of para-hydroxylation sites is 2. The summed E-state index contributed by atoms with van der Waals surface area (Å²) >= 11 is 1.49. The van der Waals surface area contributed by atoms with Gasteiger partial charge in [0.25, 0.3) is 11.7 Å². The van der Waals surface area contributed by atoms with Gasteiger partial charge in [-0.2, -0.15) is 4.98 Å². The fraction of sp³-hybridized carbons (Fsp3) is 0.130. The number of carbonyl (C=O) groups excluding carboxylic acids is 2. The van der Waals surface area contributed by atoms with E-state index in [-0.39, 0.29) is 12.4 Å². The van der Waals surface area contributed by atoms with Crippen molar-refractivity contribution in [1.82, 2.24) is 20.1 Å². The fourth-order valence-electron chi connectivity index (χ4n) is 3.00. The number of aromatic nitrogens is 3. The first kappa shape index (κ1) is 21.3. The SMILES string of the molecule is COc1ccccc1CNC(=O)COC(=O)c1nc(-c2cccs2)n(-c2ccccc2)n1. The van der Waals surface area contributed by atoms with Crippen LogP contribution in [0.4, 0.5) is 0 Å². The molecular weight excluding hydrogens is 428 g/mol. The summed E-state index contributed by atoms with van der Waals surface area (Å²) in [6.07, 6.45) is 0. The number of hydrogen-bond donors (Lipinski definition) is 1. The smallest absolute Gasteiger partial charge is 0.378 e. The summed E-state index contributed by atoms with van der Waals surface area (Å²) in [5.74, 6) is -0.134. The molecule has 0 spiro atoms. The summed E-state index contributed by atoms with van der Waals surface area (Å²) in [4.78, 5) is 29.9. The van der Waals surface area contributed by atoms with Crippen molar-refractivity contribution < 1.29 is 19.1 Å². The zero-order valence-electron chi connectivity index (χ0n) is 17.2. The Morgan fingerprint density at radius 2 is 1.81 bits per heavy atom. The highest BCUT2D eigenvalue weighted by atomic mass is 32.1. The van der Waals surface area contributed by atoms with Crippen molar-refractivity contribution in [3.05, 3.63) is 83.5 Å². The molecule has 2 heterocycles. The summed E-state index contributed by atoms with van der Waals surface area (Å²) in [5, 5.41) is 8.94. The summed E-state index contributed by atoms with van der Waals surface area (Å²) in [5.41, 5.74) is 1.58. The number of thiophene rings is 1. The molecule has 9 heteroatoms. The Balaban J connectivity index is 1.43. The predicted octanol–water partition coefficient (Wildman–Crippen LogP) is 3.48. The molecule has 1 N–H and O–H groups in total. The van der Waals surface area contributed by atoms with Gasteiger partial charge in [-0.15, -0.1) is 16.4 Å². The van der Waals surface area contributed by atoms with Crippen molar-refractivity contribution in [1.29, 1.82) is 0 Å². The molecule has 0 radical (unpaired) electrons. The monoisotopic (exact) mass is 448 g/mol. The summed E-state index contributed by atoms with van der Waals surface area (Å²) in [6, 6.07) is 20.5. The van der Waals surface area contributed by atoms with Crippen molar-refractivity contribution in [3.63, 3.8) is 0 Å². The maximum absolute atomic E-state index is 12.5. The van der Waals surface area contributed by atoms with Crippen molar-refractivity contribution >= 4 is 23.2 Å². The maximum atomic E-state index is 12.5. The van der Waals surface area contributed by atoms with Crippen LogP contribution >= 0.6 is 11.3 Å². The second kappa shape index (κ2) is 9.88. The Labute approximate surface area is 188 Å². The van der Waals surface area contributed by atoms with Crippen molar-refractivity contribution in [2.24, 2.45) is 0 Å². The van der Waals surface area contributed by atoms with E-state index in [2.05, 4.69) is 15.4 Å². The Morgan fingerprint density at radius 1 is 1.03 bits per heavy atom. The molecule has 2 aromatic carbocycles. The van der Waals surface area contributed by atoms with E-state index >= 15 is 0 Å². The lowest BCUT2D eigenvalue weighted by Gasteiger charge is -2.09. The number of ether oxygens (including phenoxy) is 2. The average molecular weight is 449 g/mol. The number of hydrogen-bond acceptors (Lipinski definition) is 7. The Kier molecular flexibility index (Phi) is 6.57. The molecule has 32 heavy (non-hydrogen) atoms. The van der Waals surface area contributed by atoms with Gasteiger partial charge >= 0.3 is 5.97 Å². The lowest BCUT2D eigenvalue weighted by molar-refractivity contribution is -0.124. The molecule has 0 aliphatic heterocycles. The van der Waals surface area contributed by atoms with Gasteiger partial charge < -0.3 is 14.8 Å². The normalized spacial score (nSPS) is 10.5. The number of benzene rings is 2. The van der Waals surface area contributed by atoms with E-state index in [0.717, 1.165) is 16.1 Å². The van der Waals surface area contributed by atoms with Gasteiger partial charge in [0.1, 0.15) is 5.75 Å². The Bertz CT molecular complexity index is 1210. The van der Waals surface area contributed by atoms with E-state index in [0.29, 0.717) is 11.6 Å². The maximum Gasteiger partial charge on any atom is 0.378 e. The van der Waals surface area contributed by atoms with Crippen LogP contribution in [-0.4, -0.2) is 40.4 Å². The largest absolute Gasteiger partial charge is 0.496 e. The minimum absolute atomic E-state index is 0.116. The average Bonchev–Trinajstić information content (AvgIpc) is 3.52. The van der Waals surface area contributed by atoms with Crippen LogP contribution in [-0.2, 0) is 16.1 Å². The number of nitrogens with one attached hydrogen (secondary N) is 1. The molecular formula is C23H20N4O4S. The van der Waals surface area contributed by atoms with E-state index in [4.69, 9.17) is 9.47 Å². The van der Waals surface area contributed by atoms with E-state index < -0.39 is 18.5 Å². The highest BCUT2D eigenvalue weighted by molar-refractivity contribution is 7.13. The first-order valence-corrected chi connectivity index (χ1v) is 10.7. The van der Waals surface area contributed by atoms with Crippen molar-refractivity contribution in [3.8, 4) is 22.1 Å². The summed E-state index contributed by atoms with van der Waals surface area (Å²) < 4.78 is 12.0. The van der Waals surface area contributed by atoms with Crippen LogP contribution in [0.25, 0.3) is 16.4 Å². The summed E-state index contributed by atoms with van der Waals surface area (Å²) in [6.45, 7) is -0.188. The molecule has 0 atom stereocenters. The van der Waals surface area contributed by atoms with Crippen molar-refractivity contribution in [2.75, 3.05) is 13.7 Å². The molecule has 2 aromatic heterocycles. The third kappa shape index (κ3) is 4.84. The molecule has 8 nitrogen and oxygen atoms in total. The number of carbonyl (C=O) groups is 2.